The zero-order valence-corrected chi connectivity index (χ0v) is 8.40. The molecule has 0 spiro atoms. The Bertz CT molecular complexity index is 289. The SMILES string of the molecule is CN(C)NCc1ccc(Cl)c(F)c1. The Balaban J connectivity index is 2.63. The maximum atomic E-state index is 12.9. The van der Waals surface area contributed by atoms with Crippen LogP contribution in [0.15, 0.2) is 18.2 Å². The van der Waals surface area contributed by atoms with E-state index in [9.17, 15) is 4.39 Å². The van der Waals surface area contributed by atoms with E-state index in [0.717, 1.165) is 5.56 Å². The first-order valence-corrected chi connectivity index (χ1v) is 4.32. The molecular formula is C9H12ClFN2. The lowest BCUT2D eigenvalue weighted by molar-refractivity contribution is 0.286. The van der Waals surface area contributed by atoms with Crippen LogP contribution >= 0.6 is 11.6 Å². The molecule has 0 heterocycles. The van der Waals surface area contributed by atoms with E-state index in [1.807, 2.05) is 19.1 Å². The fraction of sp³-hybridized carbons (Fsp3) is 0.333. The number of nitrogens with one attached hydrogen (secondary N) is 1. The molecule has 0 aliphatic heterocycles. The summed E-state index contributed by atoms with van der Waals surface area (Å²) in [6, 6.07) is 4.78. The van der Waals surface area contributed by atoms with Crippen molar-refractivity contribution in [3.8, 4) is 0 Å². The van der Waals surface area contributed by atoms with Gasteiger partial charge in [0.25, 0.3) is 0 Å². The Morgan fingerprint density at radius 3 is 2.69 bits per heavy atom. The summed E-state index contributed by atoms with van der Waals surface area (Å²) in [5.74, 6) is -0.375. The molecule has 1 aromatic carbocycles. The minimum Gasteiger partial charge on any atom is -0.251 e. The van der Waals surface area contributed by atoms with Crippen LogP contribution in [-0.2, 0) is 6.54 Å². The Labute approximate surface area is 82.3 Å². The van der Waals surface area contributed by atoms with Gasteiger partial charge in [-0.05, 0) is 17.7 Å². The lowest BCUT2D eigenvalue weighted by Gasteiger charge is -2.11. The summed E-state index contributed by atoms with van der Waals surface area (Å²) in [7, 11) is 3.76. The van der Waals surface area contributed by atoms with Crippen LogP contribution in [0.25, 0.3) is 0 Å². The van der Waals surface area contributed by atoms with Crippen LogP contribution in [0.4, 0.5) is 4.39 Å². The van der Waals surface area contributed by atoms with Crippen molar-refractivity contribution >= 4 is 11.6 Å². The van der Waals surface area contributed by atoms with Crippen molar-refractivity contribution in [2.45, 2.75) is 6.54 Å². The number of hydrogen-bond acceptors (Lipinski definition) is 2. The highest BCUT2D eigenvalue weighted by atomic mass is 35.5. The molecule has 0 fully saturated rings. The standard InChI is InChI=1S/C9H12ClFN2/c1-13(2)12-6-7-3-4-8(10)9(11)5-7/h3-5,12H,6H2,1-2H3. The summed E-state index contributed by atoms with van der Waals surface area (Å²) in [6.07, 6.45) is 0. The number of rotatable bonds is 3. The molecule has 1 rings (SSSR count). The maximum absolute atomic E-state index is 12.9. The maximum Gasteiger partial charge on any atom is 0.142 e. The van der Waals surface area contributed by atoms with E-state index in [1.165, 1.54) is 6.07 Å². The van der Waals surface area contributed by atoms with Crippen molar-refractivity contribution < 1.29 is 4.39 Å². The summed E-state index contributed by atoms with van der Waals surface area (Å²) in [5, 5.41) is 1.97. The lowest BCUT2D eigenvalue weighted by Crippen LogP contribution is -2.29. The van der Waals surface area contributed by atoms with Gasteiger partial charge in [-0.1, -0.05) is 17.7 Å². The predicted molar refractivity (Wildman–Crippen MR) is 51.9 cm³/mol. The highest BCUT2D eigenvalue weighted by Gasteiger charge is 2.00. The number of nitrogens with zero attached hydrogens (tertiary/aromatic N) is 1. The van der Waals surface area contributed by atoms with Gasteiger partial charge in [0.1, 0.15) is 5.82 Å². The van der Waals surface area contributed by atoms with Crippen molar-refractivity contribution in [3.05, 3.63) is 34.6 Å². The molecule has 0 aromatic heterocycles. The minimum absolute atomic E-state index is 0.161. The van der Waals surface area contributed by atoms with Crippen LogP contribution in [0, 0.1) is 5.82 Å². The van der Waals surface area contributed by atoms with Crippen LogP contribution in [0.2, 0.25) is 5.02 Å². The summed E-state index contributed by atoms with van der Waals surface area (Å²) in [4.78, 5) is 0. The molecule has 0 saturated carbocycles. The third-order valence-corrected chi connectivity index (χ3v) is 1.89. The lowest BCUT2D eigenvalue weighted by atomic mass is 10.2. The van der Waals surface area contributed by atoms with Crippen LogP contribution in [0.5, 0.6) is 0 Å². The van der Waals surface area contributed by atoms with Gasteiger partial charge in [-0.25, -0.2) is 4.39 Å². The first-order chi connectivity index (χ1) is 6.09. The average Bonchev–Trinajstić information content (AvgIpc) is 2.07. The molecule has 1 N–H and O–H groups in total. The van der Waals surface area contributed by atoms with Gasteiger partial charge in [-0.15, -0.1) is 0 Å². The van der Waals surface area contributed by atoms with Gasteiger partial charge < -0.3 is 0 Å². The zero-order valence-electron chi connectivity index (χ0n) is 7.64. The summed E-state index contributed by atoms with van der Waals surface area (Å²) < 4.78 is 12.9. The monoisotopic (exact) mass is 202 g/mol. The molecular weight excluding hydrogens is 191 g/mol. The molecule has 0 atom stereocenters. The molecule has 0 aliphatic carbocycles. The molecule has 0 radical (unpaired) electrons. The van der Waals surface area contributed by atoms with E-state index in [1.54, 1.807) is 12.1 Å². The largest absolute Gasteiger partial charge is 0.251 e. The summed E-state index contributed by atoms with van der Waals surface area (Å²) >= 11 is 5.54. The molecule has 0 unspecified atom stereocenters. The van der Waals surface area contributed by atoms with Gasteiger partial charge in [-0.2, -0.15) is 0 Å². The second-order valence-corrected chi connectivity index (χ2v) is 3.38. The Kier molecular flexibility index (Phi) is 3.66. The molecule has 0 aliphatic rings. The van der Waals surface area contributed by atoms with E-state index in [4.69, 9.17) is 11.6 Å². The number of hydrogen-bond donors (Lipinski definition) is 1. The van der Waals surface area contributed by atoms with Crippen molar-refractivity contribution in [1.29, 1.82) is 0 Å². The third-order valence-electron chi connectivity index (χ3n) is 1.58. The summed E-state index contributed by atoms with van der Waals surface area (Å²) in [6.45, 7) is 0.598. The molecule has 0 saturated heterocycles. The normalized spacial score (nSPS) is 10.8. The molecule has 72 valence electrons. The van der Waals surface area contributed by atoms with Gasteiger partial charge in [0, 0.05) is 20.6 Å². The van der Waals surface area contributed by atoms with Crippen LogP contribution in [0.3, 0.4) is 0 Å². The topological polar surface area (TPSA) is 15.3 Å². The fourth-order valence-corrected chi connectivity index (χ4v) is 1.02. The van der Waals surface area contributed by atoms with E-state index in [-0.39, 0.29) is 10.8 Å². The first kappa shape index (κ1) is 10.4. The van der Waals surface area contributed by atoms with E-state index >= 15 is 0 Å². The molecule has 4 heteroatoms. The van der Waals surface area contributed by atoms with Gasteiger partial charge in [0.15, 0.2) is 0 Å². The second kappa shape index (κ2) is 4.56. The van der Waals surface area contributed by atoms with E-state index < -0.39 is 0 Å². The molecule has 13 heavy (non-hydrogen) atoms. The van der Waals surface area contributed by atoms with Crippen LogP contribution < -0.4 is 5.43 Å². The number of halogens is 2. The Morgan fingerprint density at radius 2 is 2.15 bits per heavy atom. The van der Waals surface area contributed by atoms with E-state index in [2.05, 4.69) is 5.43 Å². The third kappa shape index (κ3) is 3.30. The highest BCUT2D eigenvalue weighted by molar-refractivity contribution is 6.30. The van der Waals surface area contributed by atoms with Gasteiger partial charge in [0.2, 0.25) is 0 Å². The van der Waals surface area contributed by atoms with Gasteiger partial charge in [-0.3, -0.25) is 10.4 Å². The predicted octanol–water partition coefficient (Wildman–Crippen LogP) is 2.05. The first-order valence-electron chi connectivity index (χ1n) is 3.94. The van der Waals surface area contributed by atoms with Gasteiger partial charge in [0.05, 0.1) is 5.02 Å². The van der Waals surface area contributed by atoms with Crippen LogP contribution in [0.1, 0.15) is 5.56 Å². The molecule has 1 aromatic rings. The van der Waals surface area contributed by atoms with Crippen molar-refractivity contribution in [3.63, 3.8) is 0 Å². The fourth-order valence-electron chi connectivity index (χ4n) is 0.899. The zero-order chi connectivity index (χ0) is 9.84. The average molecular weight is 203 g/mol. The molecule has 2 nitrogen and oxygen atoms in total. The molecule has 0 bridgehead atoms. The number of benzene rings is 1. The van der Waals surface area contributed by atoms with Crippen molar-refractivity contribution in [2.24, 2.45) is 0 Å². The van der Waals surface area contributed by atoms with Gasteiger partial charge >= 0.3 is 0 Å². The minimum atomic E-state index is -0.375. The van der Waals surface area contributed by atoms with Crippen molar-refractivity contribution in [1.82, 2.24) is 10.4 Å². The van der Waals surface area contributed by atoms with Crippen molar-refractivity contribution in [2.75, 3.05) is 14.1 Å². The number of hydrazine groups is 1. The summed E-state index contributed by atoms with van der Waals surface area (Å²) in [5.41, 5.74) is 3.90. The quantitative estimate of drug-likeness (QED) is 0.755. The molecule has 0 amide bonds. The highest BCUT2D eigenvalue weighted by Crippen LogP contribution is 2.15. The smallest absolute Gasteiger partial charge is 0.142 e. The van der Waals surface area contributed by atoms with Crippen LogP contribution in [-0.4, -0.2) is 19.1 Å². The second-order valence-electron chi connectivity index (χ2n) is 2.98. The Hall–Kier alpha value is -0.640. The Morgan fingerprint density at radius 1 is 1.46 bits per heavy atom. The van der Waals surface area contributed by atoms with E-state index in [0.29, 0.717) is 6.54 Å².